The summed E-state index contributed by atoms with van der Waals surface area (Å²) in [6.45, 7) is 6.92. The molecule has 14 heavy (non-hydrogen) atoms. The van der Waals surface area contributed by atoms with Gasteiger partial charge in [-0.05, 0) is 6.92 Å². The highest BCUT2D eigenvalue weighted by Gasteiger charge is 2.30. The molecule has 1 aliphatic heterocycles. The van der Waals surface area contributed by atoms with Gasteiger partial charge in [0, 0.05) is 13.0 Å². The van der Waals surface area contributed by atoms with Gasteiger partial charge in [-0.2, -0.15) is 0 Å². The first kappa shape index (κ1) is 11.2. The molecule has 4 heteroatoms. The van der Waals surface area contributed by atoms with Gasteiger partial charge in [-0.1, -0.05) is 12.2 Å². The summed E-state index contributed by atoms with van der Waals surface area (Å²) in [4.78, 5) is 11.1. The minimum atomic E-state index is -0.216. The molecule has 2 atom stereocenters. The van der Waals surface area contributed by atoms with Crippen LogP contribution in [-0.4, -0.2) is 38.4 Å². The van der Waals surface area contributed by atoms with E-state index in [9.17, 15) is 4.79 Å². The van der Waals surface area contributed by atoms with Crippen molar-refractivity contribution in [3.63, 3.8) is 0 Å². The average molecular weight is 199 g/mol. The quantitative estimate of drug-likeness (QED) is 0.528. The van der Waals surface area contributed by atoms with Crippen LogP contribution in [0, 0.1) is 0 Å². The van der Waals surface area contributed by atoms with E-state index in [0.717, 1.165) is 5.57 Å². The minimum Gasteiger partial charge on any atom is -0.468 e. The Bertz CT molecular complexity index is 227. The predicted molar refractivity (Wildman–Crippen MR) is 53.0 cm³/mol. The van der Waals surface area contributed by atoms with Crippen LogP contribution in [0.5, 0.6) is 0 Å². The molecular weight excluding hydrogens is 182 g/mol. The largest absolute Gasteiger partial charge is 0.468 e. The predicted octanol–water partition coefficient (Wildman–Crippen LogP) is 0.483. The molecule has 1 fully saturated rings. The Balaban J connectivity index is 2.27. The van der Waals surface area contributed by atoms with Gasteiger partial charge in [-0.25, -0.2) is 0 Å². The zero-order valence-electron chi connectivity index (χ0n) is 8.71. The van der Waals surface area contributed by atoms with Gasteiger partial charge < -0.3 is 14.8 Å². The molecule has 1 heterocycles. The third-order valence-corrected chi connectivity index (χ3v) is 2.14. The van der Waals surface area contributed by atoms with E-state index in [4.69, 9.17) is 4.74 Å². The van der Waals surface area contributed by atoms with Gasteiger partial charge in [0.2, 0.25) is 0 Å². The highest BCUT2D eigenvalue weighted by molar-refractivity contribution is 5.76. The molecule has 1 rings (SSSR count). The van der Waals surface area contributed by atoms with Crippen LogP contribution in [0.2, 0.25) is 0 Å². The first-order valence-electron chi connectivity index (χ1n) is 4.70. The minimum absolute atomic E-state index is 0.0933. The number of hydrogen-bond donors (Lipinski definition) is 1. The lowest BCUT2D eigenvalue weighted by atomic mass is 10.2. The second kappa shape index (κ2) is 5.12. The molecule has 0 bridgehead atoms. The van der Waals surface area contributed by atoms with E-state index in [-0.39, 0.29) is 18.1 Å². The van der Waals surface area contributed by atoms with Crippen molar-refractivity contribution in [2.45, 2.75) is 25.5 Å². The van der Waals surface area contributed by atoms with Crippen LogP contribution in [0.4, 0.5) is 0 Å². The van der Waals surface area contributed by atoms with E-state index in [1.807, 2.05) is 6.92 Å². The van der Waals surface area contributed by atoms with Gasteiger partial charge >= 0.3 is 5.97 Å². The summed E-state index contributed by atoms with van der Waals surface area (Å²) in [7, 11) is 1.39. The normalized spacial score (nSPS) is 26.1. The molecule has 0 radical (unpaired) electrons. The van der Waals surface area contributed by atoms with Crippen LogP contribution in [0.1, 0.15) is 13.3 Å². The Hall–Kier alpha value is -0.870. The molecule has 0 amide bonds. The molecule has 1 saturated heterocycles. The van der Waals surface area contributed by atoms with Crippen molar-refractivity contribution in [1.29, 1.82) is 0 Å². The van der Waals surface area contributed by atoms with E-state index in [2.05, 4.69) is 16.6 Å². The number of carbonyl (C=O) groups excluding carboxylic acids is 1. The molecule has 0 saturated carbocycles. The van der Waals surface area contributed by atoms with Gasteiger partial charge in [0.15, 0.2) is 0 Å². The summed E-state index contributed by atoms with van der Waals surface area (Å²) in [6.07, 6.45) is 0.774. The van der Waals surface area contributed by atoms with E-state index in [1.165, 1.54) is 7.11 Å². The van der Waals surface area contributed by atoms with Crippen LogP contribution in [-0.2, 0) is 14.3 Å². The van der Waals surface area contributed by atoms with Crippen LogP contribution in [0.15, 0.2) is 12.2 Å². The summed E-state index contributed by atoms with van der Waals surface area (Å²) in [5, 5.41) is 3.05. The topological polar surface area (TPSA) is 47.6 Å². The molecule has 1 N–H and O–H groups in total. The van der Waals surface area contributed by atoms with Crippen LogP contribution in [0.3, 0.4) is 0 Å². The van der Waals surface area contributed by atoms with Crippen molar-refractivity contribution in [3.8, 4) is 0 Å². The maximum atomic E-state index is 11.1. The Morgan fingerprint density at radius 3 is 2.93 bits per heavy atom. The number of ether oxygens (including phenoxy) is 2. The average Bonchev–Trinajstić information content (AvgIpc) is 2.62. The molecule has 0 spiro atoms. The first-order chi connectivity index (χ1) is 6.63. The van der Waals surface area contributed by atoms with Crippen molar-refractivity contribution in [3.05, 3.63) is 12.2 Å². The molecule has 4 nitrogen and oxygen atoms in total. The molecular formula is C10H17NO3. The molecule has 0 aromatic rings. The molecule has 0 aliphatic carbocycles. The van der Waals surface area contributed by atoms with Gasteiger partial charge in [-0.15, -0.1) is 0 Å². The van der Waals surface area contributed by atoms with Gasteiger partial charge in [0.05, 0.1) is 19.8 Å². The Morgan fingerprint density at radius 1 is 1.64 bits per heavy atom. The van der Waals surface area contributed by atoms with Gasteiger partial charge in [0.1, 0.15) is 6.04 Å². The summed E-state index contributed by atoms with van der Waals surface area (Å²) < 4.78 is 10.2. The molecule has 80 valence electrons. The summed E-state index contributed by atoms with van der Waals surface area (Å²) in [5.41, 5.74) is 0.992. The first-order valence-corrected chi connectivity index (χ1v) is 4.70. The van der Waals surface area contributed by atoms with Crippen molar-refractivity contribution in [1.82, 2.24) is 5.32 Å². The lowest BCUT2D eigenvalue weighted by molar-refractivity contribution is -0.142. The summed E-state index contributed by atoms with van der Waals surface area (Å²) in [5.74, 6) is -0.216. The second-order valence-electron chi connectivity index (χ2n) is 3.61. The summed E-state index contributed by atoms with van der Waals surface area (Å²) in [6, 6.07) is -0.213. The highest BCUT2D eigenvalue weighted by atomic mass is 16.5. The number of nitrogens with one attached hydrogen (secondary N) is 1. The smallest absolute Gasteiger partial charge is 0.322 e. The highest BCUT2D eigenvalue weighted by Crippen LogP contribution is 2.12. The zero-order chi connectivity index (χ0) is 10.6. The zero-order valence-corrected chi connectivity index (χ0v) is 8.71. The number of carbonyl (C=O) groups is 1. The van der Waals surface area contributed by atoms with E-state index < -0.39 is 0 Å². The molecule has 1 aliphatic rings. The second-order valence-corrected chi connectivity index (χ2v) is 3.61. The fourth-order valence-corrected chi connectivity index (χ4v) is 1.41. The molecule has 0 unspecified atom stereocenters. The summed E-state index contributed by atoms with van der Waals surface area (Å²) >= 11 is 0. The third-order valence-electron chi connectivity index (χ3n) is 2.14. The van der Waals surface area contributed by atoms with E-state index in [0.29, 0.717) is 19.6 Å². The van der Waals surface area contributed by atoms with E-state index in [1.54, 1.807) is 0 Å². The third kappa shape index (κ3) is 3.12. The van der Waals surface area contributed by atoms with Crippen molar-refractivity contribution >= 4 is 5.97 Å². The maximum Gasteiger partial charge on any atom is 0.322 e. The Labute approximate surface area is 84.3 Å². The van der Waals surface area contributed by atoms with Gasteiger partial charge in [-0.3, -0.25) is 4.79 Å². The monoisotopic (exact) mass is 199 g/mol. The van der Waals surface area contributed by atoms with Crippen molar-refractivity contribution < 1.29 is 14.3 Å². The van der Waals surface area contributed by atoms with Crippen LogP contribution >= 0.6 is 0 Å². The Morgan fingerprint density at radius 2 is 2.36 bits per heavy atom. The lowest BCUT2D eigenvalue weighted by Gasteiger charge is -2.10. The lowest BCUT2D eigenvalue weighted by Crippen LogP contribution is -2.31. The van der Waals surface area contributed by atoms with Crippen molar-refractivity contribution in [2.24, 2.45) is 0 Å². The number of methoxy groups -OCH3 is 1. The van der Waals surface area contributed by atoms with E-state index >= 15 is 0 Å². The fraction of sp³-hybridized carbons (Fsp3) is 0.700. The molecule has 0 aromatic carbocycles. The van der Waals surface area contributed by atoms with Crippen LogP contribution in [0.25, 0.3) is 0 Å². The maximum absolute atomic E-state index is 11.1. The Kier molecular flexibility index (Phi) is 4.10. The van der Waals surface area contributed by atoms with Crippen molar-refractivity contribution in [2.75, 3.05) is 20.3 Å². The van der Waals surface area contributed by atoms with Gasteiger partial charge in [0.25, 0.3) is 0 Å². The number of esters is 1. The number of rotatable bonds is 4. The SMILES string of the molecule is C=C(C)CO[C@@H]1CN[C@H](C(=O)OC)C1. The van der Waals surface area contributed by atoms with Crippen LogP contribution < -0.4 is 5.32 Å². The standard InChI is InChI=1S/C10H17NO3/c1-7(2)6-14-8-4-9(11-5-8)10(12)13-3/h8-9,11H,1,4-6H2,2-3H3/t8-,9-/m0/s1. The number of hydrogen-bond acceptors (Lipinski definition) is 4. The molecule has 0 aromatic heterocycles. The fourth-order valence-electron chi connectivity index (χ4n) is 1.41.